The highest BCUT2D eigenvalue weighted by Crippen LogP contribution is 2.19. The third-order valence-corrected chi connectivity index (χ3v) is 5.85. The van der Waals surface area contributed by atoms with Crippen molar-refractivity contribution >= 4 is 16.0 Å². The van der Waals surface area contributed by atoms with Gasteiger partial charge in [0.15, 0.2) is 5.96 Å². The number of benzene rings is 1. The van der Waals surface area contributed by atoms with Crippen LogP contribution in [0.4, 0.5) is 0 Å². The molecule has 0 saturated carbocycles. The number of nitrogens with one attached hydrogen (secondary N) is 2. The van der Waals surface area contributed by atoms with Gasteiger partial charge < -0.3 is 15.4 Å². The Labute approximate surface area is 156 Å². The van der Waals surface area contributed by atoms with Gasteiger partial charge in [-0.15, -0.1) is 0 Å². The predicted molar refractivity (Wildman–Crippen MR) is 105 cm³/mol. The molecule has 0 aromatic heterocycles. The van der Waals surface area contributed by atoms with E-state index in [0.29, 0.717) is 25.6 Å². The summed E-state index contributed by atoms with van der Waals surface area (Å²) in [5.74, 6) is 2.05. The van der Waals surface area contributed by atoms with Crippen molar-refractivity contribution in [1.29, 1.82) is 0 Å². The van der Waals surface area contributed by atoms with Gasteiger partial charge in [-0.05, 0) is 31.7 Å². The Morgan fingerprint density at radius 3 is 2.58 bits per heavy atom. The van der Waals surface area contributed by atoms with Crippen LogP contribution in [0.1, 0.15) is 25.3 Å². The SMILES string of the molecule is CCNC(=NCc1ccccc1OC)NCC1CCN(S(C)(=O)=O)CC1. The number of aliphatic imine (C=N–C) groups is 1. The molecule has 2 rings (SSSR count). The summed E-state index contributed by atoms with van der Waals surface area (Å²) in [5.41, 5.74) is 1.04. The van der Waals surface area contributed by atoms with E-state index in [1.807, 2.05) is 31.2 Å². The molecule has 0 atom stereocenters. The molecule has 146 valence electrons. The molecule has 1 saturated heterocycles. The number of para-hydroxylation sites is 1. The highest BCUT2D eigenvalue weighted by atomic mass is 32.2. The maximum absolute atomic E-state index is 11.6. The van der Waals surface area contributed by atoms with Crippen molar-refractivity contribution in [2.45, 2.75) is 26.3 Å². The monoisotopic (exact) mass is 382 g/mol. The lowest BCUT2D eigenvalue weighted by molar-refractivity contribution is 0.275. The number of hydrogen-bond donors (Lipinski definition) is 2. The van der Waals surface area contributed by atoms with E-state index in [9.17, 15) is 8.42 Å². The van der Waals surface area contributed by atoms with Crippen LogP contribution in [0.2, 0.25) is 0 Å². The van der Waals surface area contributed by atoms with Crippen LogP contribution in [0.3, 0.4) is 0 Å². The third-order valence-electron chi connectivity index (χ3n) is 4.54. The quantitative estimate of drug-likeness (QED) is 0.550. The summed E-state index contributed by atoms with van der Waals surface area (Å²) in [7, 11) is -1.41. The summed E-state index contributed by atoms with van der Waals surface area (Å²) in [5, 5.41) is 6.64. The zero-order chi connectivity index (χ0) is 19.0. The molecule has 0 bridgehead atoms. The van der Waals surface area contributed by atoms with Gasteiger partial charge in [0.25, 0.3) is 0 Å². The summed E-state index contributed by atoms with van der Waals surface area (Å²) < 4.78 is 30.1. The van der Waals surface area contributed by atoms with Crippen molar-refractivity contribution in [2.75, 3.05) is 39.5 Å². The number of piperidine rings is 1. The Morgan fingerprint density at radius 1 is 1.27 bits per heavy atom. The first-order valence-corrected chi connectivity index (χ1v) is 10.9. The lowest BCUT2D eigenvalue weighted by Crippen LogP contribution is -2.44. The Morgan fingerprint density at radius 2 is 1.96 bits per heavy atom. The van der Waals surface area contributed by atoms with E-state index in [2.05, 4.69) is 15.6 Å². The smallest absolute Gasteiger partial charge is 0.211 e. The van der Waals surface area contributed by atoms with Crippen LogP contribution in [-0.2, 0) is 16.6 Å². The first-order chi connectivity index (χ1) is 12.4. The van der Waals surface area contributed by atoms with E-state index in [1.54, 1.807) is 11.4 Å². The van der Waals surface area contributed by atoms with Gasteiger partial charge in [-0.2, -0.15) is 0 Å². The summed E-state index contributed by atoms with van der Waals surface area (Å²) in [4.78, 5) is 4.64. The molecule has 1 aliphatic heterocycles. The molecule has 0 amide bonds. The standard InChI is InChI=1S/C18H30N4O3S/c1-4-19-18(21-14-16-7-5-6-8-17(16)25-2)20-13-15-9-11-22(12-10-15)26(3,23)24/h5-8,15H,4,9-14H2,1-3H3,(H2,19,20,21). The summed E-state index contributed by atoms with van der Waals surface area (Å²) in [6.07, 6.45) is 3.01. The van der Waals surface area contributed by atoms with Gasteiger partial charge in [0.05, 0.1) is 19.9 Å². The second kappa shape index (κ2) is 9.78. The Hall–Kier alpha value is -1.80. The number of rotatable bonds is 7. The van der Waals surface area contributed by atoms with Gasteiger partial charge in [0.2, 0.25) is 10.0 Å². The molecule has 1 aromatic carbocycles. The normalized spacial score (nSPS) is 17.1. The van der Waals surface area contributed by atoms with Gasteiger partial charge in [0.1, 0.15) is 5.75 Å². The fourth-order valence-corrected chi connectivity index (χ4v) is 3.90. The first kappa shape index (κ1) is 20.5. The van der Waals surface area contributed by atoms with Gasteiger partial charge in [-0.25, -0.2) is 17.7 Å². The predicted octanol–water partition coefficient (Wildman–Crippen LogP) is 1.42. The summed E-state index contributed by atoms with van der Waals surface area (Å²) in [6.45, 7) is 5.33. The zero-order valence-electron chi connectivity index (χ0n) is 15.9. The highest BCUT2D eigenvalue weighted by molar-refractivity contribution is 7.88. The number of nitrogens with zero attached hydrogens (tertiary/aromatic N) is 2. The van der Waals surface area contributed by atoms with E-state index < -0.39 is 10.0 Å². The Balaban J connectivity index is 1.88. The van der Waals surface area contributed by atoms with Gasteiger partial charge >= 0.3 is 0 Å². The molecule has 1 fully saturated rings. The van der Waals surface area contributed by atoms with Gasteiger partial charge in [0, 0.05) is 31.7 Å². The molecule has 0 unspecified atom stereocenters. The fourth-order valence-electron chi connectivity index (χ4n) is 3.03. The summed E-state index contributed by atoms with van der Waals surface area (Å²) >= 11 is 0. The van der Waals surface area contributed by atoms with Crippen LogP contribution in [-0.4, -0.2) is 58.2 Å². The second-order valence-corrected chi connectivity index (χ2v) is 8.48. The molecule has 2 N–H and O–H groups in total. The minimum atomic E-state index is -3.07. The van der Waals surface area contributed by atoms with Crippen molar-refractivity contribution < 1.29 is 13.2 Å². The Bertz CT molecular complexity index is 698. The fraction of sp³-hybridized carbons (Fsp3) is 0.611. The van der Waals surface area contributed by atoms with E-state index in [0.717, 1.165) is 43.2 Å². The van der Waals surface area contributed by atoms with E-state index in [-0.39, 0.29) is 0 Å². The minimum Gasteiger partial charge on any atom is -0.496 e. The molecule has 7 nitrogen and oxygen atoms in total. The molecule has 26 heavy (non-hydrogen) atoms. The lowest BCUT2D eigenvalue weighted by atomic mass is 9.98. The van der Waals surface area contributed by atoms with Crippen molar-refractivity contribution in [3.05, 3.63) is 29.8 Å². The van der Waals surface area contributed by atoms with Crippen LogP contribution >= 0.6 is 0 Å². The number of guanidine groups is 1. The van der Waals surface area contributed by atoms with Crippen molar-refractivity contribution in [2.24, 2.45) is 10.9 Å². The van der Waals surface area contributed by atoms with E-state index in [4.69, 9.17) is 4.74 Å². The van der Waals surface area contributed by atoms with Gasteiger partial charge in [-0.1, -0.05) is 18.2 Å². The van der Waals surface area contributed by atoms with Crippen molar-refractivity contribution in [3.8, 4) is 5.75 Å². The first-order valence-electron chi connectivity index (χ1n) is 9.03. The Kier molecular flexibility index (Phi) is 7.71. The minimum absolute atomic E-state index is 0.447. The number of ether oxygens (including phenoxy) is 1. The summed E-state index contributed by atoms with van der Waals surface area (Å²) in [6, 6.07) is 7.86. The van der Waals surface area contributed by atoms with Gasteiger partial charge in [-0.3, -0.25) is 0 Å². The molecule has 1 aliphatic rings. The van der Waals surface area contributed by atoms with E-state index in [1.165, 1.54) is 6.26 Å². The molecular weight excluding hydrogens is 352 g/mol. The highest BCUT2D eigenvalue weighted by Gasteiger charge is 2.24. The van der Waals surface area contributed by atoms with Crippen LogP contribution in [0, 0.1) is 5.92 Å². The number of hydrogen-bond acceptors (Lipinski definition) is 4. The second-order valence-electron chi connectivity index (χ2n) is 6.49. The number of sulfonamides is 1. The topological polar surface area (TPSA) is 83.0 Å². The molecule has 1 aromatic rings. The molecule has 0 radical (unpaired) electrons. The molecule has 1 heterocycles. The van der Waals surface area contributed by atoms with Crippen molar-refractivity contribution in [1.82, 2.24) is 14.9 Å². The maximum atomic E-state index is 11.6. The zero-order valence-corrected chi connectivity index (χ0v) is 16.7. The van der Waals surface area contributed by atoms with Crippen LogP contribution < -0.4 is 15.4 Å². The van der Waals surface area contributed by atoms with Crippen molar-refractivity contribution in [3.63, 3.8) is 0 Å². The van der Waals surface area contributed by atoms with Crippen LogP contribution in [0.15, 0.2) is 29.3 Å². The largest absolute Gasteiger partial charge is 0.496 e. The molecule has 8 heteroatoms. The van der Waals surface area contributed by atoms with E-state index >= 15 is 0 Å². The average Bonchev–Trinajstić information content (AvgIpc) is 2.64. The van der Waals surface area contributed by atoms with Crippen LogP contribution in [0.25, 0.3) is 0 Å². The molecule has 0 aliphatic carbocycles. The molecular formula is C18H30N4O3S. The third kappa shape index (κ3) is 6.17. The number of methoxy groups -OCH3 is 1. The average molecular weight is 383 g/mol. The maximum Gasteiger partial charge on any atom is 0.211 e. The van der Waals surface area contributed by atoms with Crippen LogP contribution in [0.5, 0.6) is 5.75 Å². The lowest BCUT2D eigenvalue weighted by Gasteiger charge is -2.30. The molecule has 0 spiro atoms.